The lowest BCUT2D eigenvalue weighted by molar-refractivity contribution is 0.0601. The number of benzene rings is 2. The number of hydrogen-bond donors (Lipinski definition) is 2. The van der Waals surface area contributed by atoms with Crippen LogP contribution in [0.25, 0.3) is 0 Å². The van der Waals surface area contributed by atoms with Gasteiger partial charge in [0.05, 0.1) is 18.3 Å². The molecule has 36 heavy (non-hydrogen) atoms. The third kappa shape index (κ3) is 5.88. The Bertz CT molecular complexity index is 1270. The number of primary amides is 1. The van der Waals surface area contributed by atoms with Crippen LogP contribution in [0.4, 0.5) is 0 Å². The zero-order valence-electron chi connectivity index (χ0n) is 21.4. The second-order valence-electron chi connectivity index (χ2n) is 9.37. The number of hydrogen-bond acceptors (Lipinski definition) is 5. The number of carbonyl (C=O) groups is 2. The lowest BCUT2D eigenvalue weighted by atomic mass is 9.98. The fourth-order valence-electron chi connectivity index (χ4n) is 4.40. The van der Waals surface area contributed by atoms with Crippen molar-refractivity contribution in [2.24, 2.45) is 17.4 Å². The molecule has 0 spiro atoms. The summed E-state index contributed by atoms with van der Waals surface area (Å²) in [5, 5.41) is 0. The van der Waals surface area contributed by atoms with Crippen molar-refractivity contribution in [3.05, 3.63) is 98.7 Å². The summed E-state index contributed by atoms with van der Waals surface area (Å²) in [5.41, 5.74) is 13.4. The van der Waals surface area contributed by atoms with E-state index < -0.39 is 17.5 Å². The van der Waals surface area contributed by atoms with Crippen LogP contribution in [0, 0.1) is 19.8 Å². The third-order valence-electron chi connectivity index (χ3n) is 6.20. The summed E-state index contributed by atoms with van der Waals surface area (Å²) < 4.78 is 1.48. The van der Waals surface area contributed by atoms with Gasteiger partial charge >= 0.3 is 0 Å². The van der Waals surface area contributed by atoms with Gasteiger partial charge < -0.3 is 16.4 Å². The quantitative estimate of drug-likeness (QED) is 0.453. The molecule has 0 fully saturated rings. The van der Waals surface area contributed by atoms with E-state index in [1.807, 2.05) is 63.2 Å². The summed E-state index contributed by atoms with van der Waals surface area (Å²) in [6.07, 6.45) is 0.585. The Kier molecular flexibility index (Phi) is 8.77. The second kappa shape index (κ2) is 11.8. The van der Waals surface area contributed by atoms with Gasteiger partial charge in [-0.2, -0.15) is 0 Å². The molecule has 1 heterocycles. The highest BCUT2D eigenvalue weighted by Crippen LogP contribution is 2.30. The Morgan fingerprint density at radius 2 is 1.67 bits per heavy atom. The molecule has 0 saturated carbocycles. The van der Waals surface area contributed by atoms with Gasteiger partial charge in [-0.05, 0) is 50.4 Å². The molecule has 2 amide bonds. The molecular weight excluding hydrogens is 454 g/mol. The van der Waals surface area contributed by atoms with Crippen LogP contribution in [-0.4, -0.2) is 39.4 Å². The van der Waals surface area contributed by atoms with Gasteiger partial charge in [0, 0.05) is 12.1 Å². The van der Waals surface area contributed by atoms with E-state index in [0.29, 0.717) is 30.9 Å². The Hall–Kier alpha value is -3.78. The predicted molar refractivity (Wildman–Crippen MR) is 141 cm³/mol. The lowest BCUT2D eigenvalue weighted by Crippen LogP contribution is -2.43. The Morgan fingerprint density at radius 3 is 2.22 bits per heavy atom. The van der Waals surface area contributed by atoms with Gasteiger partial charge in [-0.25, -0.2) is 4.98 Å². The van der Waals surface area contributed by atoms with E-state index in [2.05, 4.69) is 0 Å². The molecule has 2 aromatic carbocycles. The maximum atomic E-state index is 13.8. The molecule has 0 radical (unpaired) electrons. The number of nitrogens with zero attached hydrogens (tertiary/aromatic N) is 3. The molecule has 8 nitrogen and oxygen atoms in total. The highest BCUT2D eigenvalue weighted by Gasteiger charge is 2.33. The van der Waals surface area contributed by atoms with Gasteiger partial charge in [0.2, 0.25) is 0 Å². The van der Waals surface area contributed by atoms with Crippen LogP contribution in [0.3, 0.4) is 0 Å². The van der Waals surface area contributed by atoms with Gasteiger partial charge in [0.1, 0.15) is 11.4 Å². The van der Waals surface area contributed by atoms with Crippen molar-refractivity contribution in [1.29, 1.82) is 0 Å². The first-order valence-electron chi connectivity index (χ1n) is 12.2. The van der Waals surface area contributed by atoms with Crippen LogP contribution in [0.15, 0.2) is 59.4 Å². The third-order valence-corrected chi connectivity index (χ3v) is 6.20. The van der Waals surface area contributed by atoms with E-state index in [1.165, 1.54) is 4.57 Å². The summed E-state index contributed by atoms with van der Waals surface area (Å²) in [7, 11) is 0. The average Bonchev–Trinajstić information content (AvgIpc) is 2.84. The number of aromatic nitrogens is 2. The van der Waals surface area contributed by atoms with E-state index in [9.17, 15) is 14.4 Å². The van der Waals surface area contributed by atoms with Gasteiger partial charge in [-0.3, -0.25) is 19.0 Å². The van der Waals surface area contributed by atoms with Crippen molar-refractivity contribution in [3.8, 4) is 0 Å². The van der Waals surface area contributed by atoms with Crippen LogP contribution in [0.2, 0.25) is 0 Å². The molecule has 190 valence electrons. The van der Waals surface area contributed by atoms with Crippen molar-refractivity contribution in [2.75, 3.05) is 13.1 Å². The average molecular weight is 490 g/mol. The summed E-state index contributed by atoms with van der Waals surface area (Å²) in [6, 6.07) is 16.3. The highest BCUT2D eigenvalue weighted by molar-refractivity contribution is 5.95. The largest absolute Gasteiger partial charge is 0.365 e. The normalized spacial score (nSPS) is 11.9. The van der Waals surface area contributed by atoms with Gasteiger partial charge in [-0.15, -0.1) is 0 Å². The SMILES string of the molecule is Cc1ccc(C(=O)N(CCCN)C(c2nc(C)c(C(N)=O)c(=O)n2Cc2ccccc2)C(C)C)cc1. The minimum Gasteiger partial charge on any atom is -0.365 e. The molecule has 1 unspecified atom stereocenters. The molecule has 0 aliphatic carbocycles. The van der Waals surface area contributed by atoms with E-state index >= 15 is 0 Å². The number of amides is 2. The number of rotatable bonds is 10. The highest BCUT2D eigenvalue weighted by atomic mass is 16.2. The van der Waals surface area contributed by atoms with E-state index in [4.69, 9.17) is 16.5 Å². The zero-order valence-corrected chi connectivity index (χ0v) is 21.4. The van der Waals surface area contributed by atoms with Crippen molar-refractivity contribution in [2.45, 2.75) is 46.7 Å². The summed E-state index contributed by atoms with van der Waals surface area (Å²) >= 11 is 0. The van der Waals surface area contributed by atoms with Crippen molar-refractivity contribution < 1.29 is 9.59 Å². The first-order chi connectivity index (χ1) is 17.1. The second-order valence-corrected chi connectivity index (χ2v) is 9.37. The molecule has 1 atom stereocenters. The number of nitrogens with two attached hydrogens (primary N) is 2. The monoisotopic (exact) mass is 489 g/mol. The van der Waals surface area contributed by atoms with E-state index in [0.717, 1.165) is 11.1 Å². The number of aryl methyl sites for hydroxylation is 2. The van der Waals surface area contributed by atoms with Crippen molar-refractivity contribution >= 4 is 11.8 Å². The zero-order chi connectivity index (χ0) is 26.4. The minimum atomic E-state index is -0.824. The molecule has 0 aliphatic rings. The molecule has 0 saturated heterocycles. The van der Waals surface area contributed by atoms with Crippen LogP contribution >= 0.6 is 0 Å². The molecule has 4 N–H and O–H groups in total. The van der Waals surface area contributed by atoms with Gasteiger partial charge in [-0.1, -0.05) is 61.9 Å². The Balaban J connectivity index is 2.23. The Morgan fingerprint density at radius 1 is 1.03 bits per heavy atom. The fraction of sp³-hybridized carbons (Fsp3) is 0.357. The lowest BCUT2D eigenvalue weighted by Gasteiger charge is -2.35. The van der Waals surface area contributed by atoms with Crippen LogP contribution in [-0.2, 0) is 6.54 Å². The van der Waals surface area contributed by atoms with Crippen LogP contribution < -0.4 is 17.0 Å². The summed E-state index contributed by atoms with van der Waals surface area (Å²) in [4.78, 5) is 46.0. The molecule has 1 aromatic heterocycles. The van der Waals surface area contributed by atoms with E-state index in [1.54, 1.807) is 24.0 Å². The molecule has 0 bridgehead atoms. The molecule has 0 aliphatic heterocycles. The maximum absolute atomic E-state index is 13.8. The van der Waals surface area contributed by atoms with Crippen molar-refractivity contribution in [3.63, 3.8) is 0 Å². The number of carbonyl (C=O) groups excluding carboxylic acids is 2. The Labute approximate surface area is 211 Å². The minimum absolute atomic E-state index is 0.0927. The smallest absolute Gasteiger partial charge is 0.267 e. The first-order valence-corrected chi connectivity index (χ1v) is 12.2. The predicted octanol–water partition coefficient (Wildman–Crippen LogP) is 3.20. The maximum Gasteiger partial charge on any atom is 0.267 e. The van der Waals surface area contributed by atoms with Crippen LogP contribution in [0.1, 0.15) is 69.7 Å². The van der Waals surface area contributed by atoms with Gasteiger partial charge in [0.25, 0.3) is 17.4 Å². The topological polar surface area (TPSA) is 124 Å². The van der Waals surface area contributed by atoms with E-state index in [-0.39, 0.29) is 29.6 Å². The molecule has 3 rings (SSSR count). The molecule has 3 aromatic rings. The summed E-state index contributed by atoms with van der Waals surface area (Å²) in [5.74, 6) is -0.668. The molecule has 8 heteroatoms. The van der Waals surface area contributed by atoms with Gasteiger partial charge in [0.15, 0.2) is 0 Å². The standard InChI is InChI=1S/C28H35N5O3/c1-18(2)24(32(16-8-15-29)27(35)22-13-11-19(3)12-14-22)26-31-20(4)23(25(30)34)28(36)33(26)17-21-9-6-5-7-10-21/h5-7,9-14,18,24H,8,15-17,29H2,1-4H3,(H2,30,34). The van der Waals surface area contributed by atoms with Crippen LogP contribution in [0.5, 0.6) is 0 Å². The first kappa shape index (κ1) is 26.8. The van der Waals surface area contributed by atoms with Crippen molar-refractivity contribution in [1.82, 2.24) is 14.5 Å². The summed E-state index contributed by atoms with van der Waals surface area (Å²) in [6.45, 7) is 8.52. The fourth-order valence-corrected chi connectivity index (χ4v) is 4.40. The molecular formula is C28H35N5O3.